The normalized spacial score (nSPS) is 13.2. The maximum Gasteiger partial charge on any atom is 0.505 e. The molecule has 0 spiro atoms. The third kappa shape index (κ3) is 3.93. The average molecular weight is 264 g/mol. The summed E-state index contributed by atoms with van der Waals surface area (Å²) in [5.41, 5.74) is -0.546. The molecular formula is C9H16O7Si. The molecule has 2 N–H and O–H groups in total. The van der Waals surface area contributed by atoms with Crippen LogP contribution in [0.15, 0.2) is 11.1 Å². The van der Waals surface area contributed by atoms with Crippen LogP contribution >= 0.6 is 0 Å². The van der Waals surface area contributed by atoms with Gasteiger partial charge in [0.25, 0.3) is 0 Å². The van der Waals surface area contributed by atoms with E-state index in [9.17, 15) is 9.59 Å². The van der Waals surface area contributed by atoms with E-state index in [1.54, 1.807) is 0 Å². The molecule has 0 amide bonds. The Balaban J connectivity index is 5.34. The van der Waals surface area contributed by atoms with Crippen molar-refractivity contribution < 1.29 is 33.1 Å². The minimum atomic E-state index is -3.15. The number of hydrogen-bond acceptors (Lipinski definition) is 5. The van der Waals surface area contributed by atoms with Crippen molar-refractivity contribution in [1.29, 1.82) is 0 Å². The molecule has 0 aromatic heterocycles. The highest BCUT2D eigenvalue weighted by molar-refractivity contribution is 6.62. The predicted molar refractivity (Wildman–Crippen MR) is 59.6 cm³/mol. The summed E-state index contributed by atoms with van der Waals surface area (Å²) in [5, 5.41) is 17.8. The topological polar surface area (TPSA) is 102 Å². The summed E-state index contributed by atoms with van der Waals surface area (Å²) in [4.78, 5) is 21.8. The van der Waals surface area contributed by atoms with E-state index in [2.05, 4.69) is 0 Å². The Hall–Kier alpha value is -1.22. The molecule has 0 aliphatic rings. The second-order valence-electron chi connectivity index (χ2n) is 3.19. The maximum atomic E-state index is 11.0. The van der Waals surface area contributed by atoms with Gasteiger partial charge in [-0.15, -0.1) is 0 Å². The molecule has 0 bridgehead atoms. The first-order valence-corrected chi connectivity index (χ1v) is 6.58. The average Bonchev–Trinajstić information content (AvgIpc) is 2.30. The van der Waals surface area contributed by atoms with Gasteiger partial charge in [0.15, 0.2) is 0 Å². The molecule has 98 valence electrons. The smallest absolute Gasteiger partial charge is 0.478 e. The Morgan fingerprint density at radius 1 is 1.00 bits per heavy atom. The minimum absolute atomic E-state index is 0.204. The van der Waals surface area contributed by atoms with Crippen molar-refractivity contribution >= 4 is 20.7 Å². The number of carboxylic acid groups (broad SMARTS) is 2. The Kier molecular flexibility index (Phi) is 6.03. The van der Waals surface area contributed by atoms with E-state index in [0.717, 1.165) is 0 Å². The lowest BCUT2D eigenvalue weighted by atomic mass is 10.1. The SMILES string of the molecule is CO[Si](CC(C(=O)O)=C(C)C(=O)O)(OC)OC. The molecule has 0 aromatic rings. The predicted octanol–water partition coefficient (Wildman–Crippen LogP) is 0.350. The van der Waals surface area contributed by atoms with Gasteiger partial charge in [-0.1, -0.05) is 0 Å². The standard InChI is InChI=1S/C9H16O7Si/c1-6(8(10)11)7(9(12)13)5-17(14-2,15-3)16-4/h5H2,1-4H3,(H,10,11)(H,12,13). The number of rotatable bonds is 7. The van der Waals surface area contributed by atoms with Gasteiger partial charge in [0.05, 0.1) is 11.6 Å². The van der Waals surface area contributed by atoms with Gasteiger partial charge in [0, 0.05) is 26.9 Å². The third-order valence-electron chi connectivity index (χ3n) is 2.36. The van der Waals surface area contributed by atoms with E-state index in [0.29, 0.717) is 0 Å². The van der Waals surface area contributed by atoms with Crippen LogP contribution in [0.4, 0.5) is 0 Å². The van der Waals surface area contributed by atoms with Crippen molar-refractivity contribution in [3.05, 3.63) is 11.1 Å². The molecule has 17 heavy (non-hydrogen) atoms. The highest BCUT2D eigenvalue weighted by Crippen LogP contribution is 2.22. The van der Waals surface area contributed by atoms with Crippen molar-refractivity contribution in [2.75, 3.05) is 21.3 Å². The van der Waals surface area contributed by atoms with Gasteiger partial charge in [-0.25, -0.2) is 9.59 Å². The second kappa shape index (κ2) is 6.50. The molecular weight excluding hydrogens is 248 g/mol. The molecule has 7 nitrogen and oxygen atoms in total. The Labute approximate surface area is 100.0 Å². The van der Waals surface area contributed by atoms with Gasteiger partial charge < -0.3 is 23.5 Å². The molecule has 0 saturated heterocycles. The zero-order valence-corrected chi connectivity index (χ0v) is 11.1. The molecule has 0 rings (SSSR count). The number of carboxylic acids is 2. The third-order valence-corrected chi connectivity index (χ3v) is 5.01. The lowest BCUT2D eigenvalue weighted by Gasteiger charge is -2.24. The van der Waals surface area contributed by atoms with Gasteiger partial charge in [0.2, 0.25) is 0 Å². The Morgan fingerprint density at radius 2 is 1.41 bits per heavy atom. The van der Waals surface area contributed by atoms with Crippen molar-refractivity contribution in [3.63, 3.8) is 0 Å². The number of carbonyl (C=O) groups is 2. The van der Waals surface area contributed by atoms with E-state index < -0.39 is 20.7 Å². The van der Waals surface area contributed by atoms with Crippen LogP contribution in [0.3, 0.4) is 0 Å². The summed E-state index contributed by atoms with van der Waals surface area (Å²) in [6, 6.07) is -0.204. The van der Waals surface area contributed by atoms with Gasteiger partial charge in [-0.05, 0) is 6.92 Å². The summed E-state index contributed by atoms with van der Waals surface area (Å²) in [6.07, 6.45) is 0. The fourth-order valence-corrected chi connectivity index (χ4v) is 2.96. The van der Waals surface area contributed by atoms with Crippen LogP contribution < -0.4 is 0 Å². The van der Waals surface area contributed by atoms with E-state index in [1.165, 1.54) is 28.3 Å². The molecule has 0 unspecified atom stereocenters. The molecule has 0 heterocycles. The lowest BCUT2D eigenvalue weighted by molar-refractivity contribution is -0.135. The molecule has 0 radical (unpaired) electrons. The van der Waals surface area contributed by atoms with Crippen LogP contribution in [0.5, 0.6) is 0 Å². The fourth-order valence-electron chi connectivity index (χ4n) is 1.18. The first kappa shape index (κ1) is 15.8. The van der Waals surface area contributed by atoms with Gasteiger partial charge in [-0.3, -0.25) is 0 Å². The fraction of sp³-hybridized carbons (Fsp3) is 0.556. The first-order valence-electron chi connectivity index (χ1n) is 4.65. The molecule has 0 aliphatic heterocycles. The highest BCUT2D eigenvalue weighted by atomic mass is 28.4. The second-order valence-corrected chi connectivity index (χ2v) is 6.13. The van der Waals surface area contributed by atoms with Crippen molar-refractivity contribution in [1.82, 2.24) is 0 Å². The van der Waals surface area contributed by atoms with Crippen molar-refractivity contribution in [2.24, 2.45) is 0 Å². The van der Waals surface area contributed by atoms with E-state index in [-0.39, 0.29) is 17.2 Å². The first-order chi connectivity index (χ1) is 7.83. The Bertz CT molecular complexity index is 324. The van der Waals surface area contributed by atoms with Crippen molar-refractivity contribution in [2.45, 2.75) is 13.0 Å². The largest absolute Gasteiger partial charge is 0.505 e. The highest BCUT2D eigenvalue weighted by Gasteiger charge is 2.41. The summed E-state index contributed by atoms with van der Waals surface area (Å²) < 4.78 is 15.2. The van der Waals surface area contributed by atoms with Crippen LogP contribution in [0, 0.1) is 0 Å². The van der Waals surface area contributed by atoms with Crippen LogP contribution in [0.2, 0.25) is 6.04 Å². The minimum Gasteiger partial charge on any atom is -0.478 e. The number of aliphatic carboxylic acids is 2. The zero-order valence-electron chi connectivity index (χ0n) is 10.1. The van der Waals surface area contributed by atoms with E-state index in [1.807, 2.05) is 0 Å². The molecule has 0 atom stereocenters. The summed E-state index contributed by atoms with van der Waals surface area (Å²) in [6.45, 7) is 1.21. The van der Waals surface area contributed by atoms with Crippen molar-refractivity contribution in [3.8, 4) is 0 Å². The summed E-state index contributed by atoms with van der Waals surface area (Å²) >= 11 is 0. The van der Waals surface area contributed by atoms with Gasteiger partial charge >= 0.3 is 20.7 Å². The van der Waals surface area contributed by atoms with Gasteiger partial charge in [-0.2, -0.15) is 0 Å². The lowest BCUT2D eigenvalue weighted by Crippen LogP contribution is -2.44. The molecule has 0 fully saturated rings. The van der Waals surface area contributed by atoms with Crippen LogP contribution in [0.1, 0.15) is 6.92 Å². The Morgan fingerprint density at radius 3 is 1.65 bits per heavy atom. The molecule has 8 heteroatoms. The molecule has 0 aliphatic carbocycles. The van der Waals surface area contributed by atoms with E-state index in [4.69, 9.17) is 23.5 Å². The monoisotopic (exact) mass is 264 g/mol. The molecule has 0 saturated carbocycles. The van der Waals surface area contributed by atoms with E-state index >= 15 is 0 Å². The maximum absolute atomic E-state index is 11.0. The summed E-state index contributed by atoms with van der Waals surface area (Å²) in [5.74, 6) is -2.62. The van der Waals surface area contributed by atoms with Crippen LogP contribution in [-0.2, 0) is 22.9 Å². The van der Waals surface area contributed by atoms with Crippen LogP contribution in [-0.4, -0.2) is 52.3 Å². The quantitative estimate of drug-likeness (QED) is 0.505. The van der Waals surface area contributed by atoms with Gasteiger partial charge in [0.1, 0.15) is 0 Å². The van der Waals surface area contributed by atoms with Crippen LogP contribution in [0.25, 0.3) is 0 Å². The summed E-state index contributed by atoms with van der Waals surface area (Å²) in [7, 11) is 0.831. The zero-order chi connectivity index (χ0) is 13.6. The molecule has 0 aromatic carbocycles. The number of hydrogen-bond donors (Lipinski definition) is 2.